The van der Waals surface area contributed by atoms with Crippen LogP contribution in [0.25, 0.3) is 0 Å². The van der Waals surface area contributed by atoms with Crippen LogP contribution in [0.5, 0.6) is 0 Å². The number of epoxide rings is 2. The summed E-state index contributed by atoms with van der Waals surface area (Å²) in [6.07, 6.45) is 0. The van der Waals surface area contributed by atoms with Crippen molar-refractivity contribution in [2.75, 3.05) is 14.1 Å². The Bertz CT molecular complexity index is 142. The summed E-state index contributed by atoms with van der Waals surface area (Å²) in [5.41, 5.74) is 0. The van der Waals surface area contributed by atoms with Crippen molar-refractivity contribution in [2.24, 2.45) is 0 Å². The molecule has 0 aromatic carbocycles. The lowest BCUT2D eigenvalue weighted by molar-refractivity contribution is -0.139. The van der Waals surface area contributed by atoms with E-state index in [4.69, 9.17) is 9.47 Å². The highest BCUT2D eigenvalue weighted by molar-refractivity contribution is 5.85. The monoisotopic (exact) mass is 151 g/mol. The molecule has 2 saturated heterocycles. The Balaban J connectivity index is 0.000000405. The first-order valence-corrected chi connectivity index (χ1v) is 2.68. The average Bonchev–Trinajstić information content (AvgIpc) is 2.22. The first-order valence-electron chi connectivity index (χ1n) is 2.68. The molecule has 0 aliphatic carbocycles. The van der Waals surface area contributed by atoms with Crippen LogP contribution in [0.4, 0.5) is 0 Å². The lowest BCUT2D eigenvalue weighted by Crippen LogP contribution is -2.23. The highest BCUT2D eigenvalue weighted by atomic mass is 35.5. The summed E-state index contributed by atoms with van der Waals surface area (Å²) in [6, 6.07) is 0. The van der Waals surface area contributed by atoms with Crippen molar-refractivity contribution in [1.82, 2.24) is 4.90 Å². The summed E-state index contributed by atoms with van der Waals surface area (Å²) in [5.74, 6) is -0.552. The van der Waals surface area contributed by atoms with Crippen LogP contribution >= 0.6 is 12.4 Å². The molecule has 0 amide bonds. The number of fused-ring (bicyclic) bond motifs is 1. The maximum Gasteiger partial charge on any atom is 0.291 e. The van der Waals surface area contributed by atoms with Gasteiger partial charge in [0, 0.05) is 0 Å². The van der Waals surface area contributed by atoms with E-state index >= 15 is 0 Å². The Hall–Kier alpha value is 0.170. The van der Waals surface area contributed by atoms with E-state index in [1.54, 1.807) is 0 Å². The van der Waals surface area contributed by atoms with Crippen molar-refractivity contribution in [1.29, 1.82) is 0 Å². The number of halogens is 1. The van der Waals surface area contributed by atoms with Gasteiger partial charge in [-0.05, 0) is 21.0 Å². The lowest BCUT2D eigenvalue weighted by Gasteiger charge is -2.06. The Morgan fingerprint density at radius 1 is 1.22 bits per heavy atom. The third-order valence-electron chi connectivity index (χ3n) is 1.75. The number of hydrogen-bond donors (Lipinski definition) is 0. The predicted molar refractivity (Wildman–Crippen MR) is 34.2 cm³/mol. The first-order chi connectivity index (χ1) is 3.61. The van der Waals surface area contributed by atoms with Crippen molar-refractivity contribution in [3.63, 3.8) is 0 Å². The summed E-state index contributed by atoms with van der Waals surface area (Å²) < 4.78 is 10.3. The van der Waals surface area contributed by atoms with E-state index in [9.17, 15) is 0 Å². The van der Waals surface area contributed by atoms with Crippen LogP contribution in [0.15, 0.2) is 0 Å². The third kappa shape index (κ3) is 0.579. The number of rotatable bonds is 1. The molecule has 2 rings (SSSR count). The number of ether oxygens (including phenoxy) is 2. The van der Waals surface area contributed by atoms with Crippen LogP contribution in [-0.2, 0) is 9.47 Å². The van der Waals surface area contributed by atoms with Crippen molar-refractivity contribution in [3.05, 3.63) is 0 Å². The molecule has 0 aromatic heterocycles. The van der Waals surface area contributed by atoms with Gasteiger partial charge in [0.05, 0.1) is 0 Å². The molecule has 0 bridgehead atoms. The molecule has 0 N–H and O–H groups in total. The van der Waals surface area contributed by atoms with Crippen LogP contribution < -0.4 is 0 Å². The van der Waals surface area contributed by atoms with Gasteiger partial charge in [-0.3, -0.25) is 14.4 Å². The molecule has 0 unspecified atom stereocenters. The van der Waals surface area contributed by atoms with Gasteiger partial charge in [-0.25, -0.2) is 0 Å². The second kappa shape index (κ2) is 1.42. The van der Waals surface area contributed by atoms with E-state index in [1.165, 1.54) is 0 Å². The quantitative estimate of drug-likeness (QED) is 0.508. The van der Waals surface area contributed by atoms with Gasteiger partial charge in [-0.2, -0.15) is 0 Å². The normalized spacial score (nSPS) is 52.0. The van der Waals surface area contributed by atoms with Gasteiger partial charge < -0.3 is 0 Å². The molecule has 9 heavy (non-hydrogen) atoms. The van der Waals surface area contributed by atoms with Gasteiger partial charge >= 0.3 is 0 Å². The van der Waals surface area contributed by atoms with E-state index in [0.29, 0.717) is 0 Å². The summed E-state index contributed by atoms with van der Waals surface area (Å²) >= 11 is 0. The van der Waals surface area contributed by atoms with E-state index in [2.05, 4.69) is 0 Å². The largest absolute Gasteiger partial charge is 0.293 e. The molecule has 0 atom stereocenters. The van der Waals surface area contributed by atoms with E-state index < -0.39 is 0 Å². The molecule has 0 spiro atoms. The van der Waals surface area contributed by atoms with Crippen molar-refractivity contribution >= 4 is 12.4 Å². The summed E-state index contributed by atoms with van der Waals surface area (Å²) in [4.78, 5) is 1.94. The molecule has 2 fully saturated rings. The molecule has 2 aliphatic heterocycles. The zero-order chi connectivity index (χ0) is 5.99. The van der Waals surface area contributed by atoms with Crippen LogP contribution in [-0.4, -0.2) is 30.7 Å². The lowest BCUT2D eigenvalue weighted by atomic mass is 10.5. The Labute approximate surface area is 60.3 Å². The fraction of sp³-hybridized carbons (Fsp3) is 1.00. The highest BCUT2D eigenvalue weighted by Gasteiger charge is 2.90. The number of hydrogen-bond acceptors (Lipinski definition) is 3. The fourth-order valence-electron chi connectivity index (χ4n) is 1.07. The number of likely N-dealkylation sites (N-methyl/N-ethyl adjacent to an activating group) is 1. The average molecular weight is 152 g/mol. The molecular weight excluding hydrogens is 142 g/mol. The van der Waals surface area contributed by atoms with Gasteiger partial charge in [0.2, 0.25) is 5.79 Å². The van der Waals surface area contributed by atoms with E-state index in [1.807, 2.05) is 25.9 Å². The first kappa shape index (κ1) is 7.28. The second-order valence-electron chi connectivity index (χ2n) is 2.63. The van der Waals surface area contributed by atoms with Crippen molar-refractivity contribution in [3.8, 4) is 0 Å². The zero-order valence-corrected chi connectivity index (χ0v) is 6.49. The fourth-order valence-corrected chi connectivity index (χ4v) is 1.07. The standard InChI is InChI=1S/C5H9NO2.ClH/c1-4-5(7-4,8-4)6(2)3;/h1-3H3;1H. The van der Waals surface area contributed by atoms with Gasteiger partial charge in [0.1, 0.15) is 0 Å². The van der Waals surface area contributed by atoms with Gasteiger partial charge in [0.25, 0.3) is 5.91 Å². The van der Waals surface area contributed by atoms with Crippen LogP contribution in [0.1, 0.15) is 6.92 Å². The molecule has 2 heterocycles. The molecule has 0 radical (unpaired) electrons. The van der Waals surface area contributed by atoms with E-state index in [-0.39, 0.29) is 24.1 Å². The van der Waals surface area contributed by atoms with Crippen LogP contribution in [0, 0.1) is 0 Å². The smallest absolute Gasteiger partial charge is 0.291 e. The summed E-state index contributed by atoms with van der Waals surface area (Å²) in [6.45, 7) is 1.94. The maximum atomic E-state index is 5.15. The second-order valence-corrected chi connectivity index (χ2v) is 2.63. The zero-order valence-electron chi connectivity index (χ0n) is 5.67. The Morgan fingerprint density at radius 3 is 1.56 bits per heavy atom. The third-order valence-corrected chi connectivity index (χ3v) is 1.75. The minimum absolute atomic E-state index is 0. The molecule has 4 heteroatoms. The van der Waals surface area contributed by atoms with Crippen molar-refractivity contribution in [2.45, 2.75) is 18.6 Å². The van der Waals surface area contributed by atoms with Gasteiger partial charge in [0.15, 0.2) is 0 Å². The molecular formula is C5H10ClNO2. The molecule has 3 nitrogen and oxygen atoms in total. The molecule has 0 aromatic rings. The van der Waals surface area contributed by atoms with Crippen LogP contribution in [0.3, 0.4) is 0 Å². The minimum Gasteiger partial charge on any atom is -0.293 e. The Kier molecular flexibility index (Phi) is 1.15. The highest BCUT2D eigenvalue weighted by Crippen LogP contribution is 2.67. The summed E-state index contributed by atoms with van der Waals surface area (Å²) in [5, 5.41) is 0. The molecule has 2 aliphatic rings. The van der Waals surface area contributed by atoms with Crippen LogP contribution in [0.2, 0.25) is 0 Å². The van der Waals surface area contributed by atoms with E-state index in [0.717, 1.165) is 0 Å². The predicted octanol–water partition coefficient (Wildman–Crippen LogP) is 0.400. The van der Waals surface area contributed by atoms with Crippen molar-refractivity contribution < 1.29 is 9.47 Å². The Morgan fingerprint density at radius 2 is 1.56 bits per heavy atom. The molecule has 0 saturated carbocycles. The molecule has 54 valence electrons. The minimum atomic E-state index is -0.312. The van der Waals surface area contributed by atoms with Gasteiger partial charge in [-0.15, -0.1) is 12.4 Å². The topological polar surface area (TPSA) is 28.3 Å². The maximum absolute atomic E-state index is 5.15. The van der Waals surface area contributed by atoms with Gasteiger partial charge in [-0.1, -0.05) is 0 Å². The SMILES string of the molecule is CN(C)C12OC1(C)O2.Cl. The number of nitrogens with zero attached hydrogens (tertiary/aromatic N) is 1. The summed E-state index contributed by atoms with van der Waals surface area (Å²) in [7, 11) is 3.89.